The summed E-state index contributed by atoms with van der Waals surface area (Å²) in [6.07, 6.45) is 2.90. The molecule has 0 aliphatic carbocycles. The number of amides is 1. The van der Waals surface area contributed by atoms with Crippen molar-refractivity contribution in [3.8, 4) is 0 Å². The zero-order chi connectivity index (χ0) is 14.7. The lowest BCUT2D eigenvalue weighted by Crippen LogP contribution is -2.49. The number of piperidine rings is 1. The molecule has 1 saturated heterocycles. The van der Waals surface area contributed by atoms with Gasteiger partial charge >= 0.3 is 0 Å². The number of rotatable bonds is 3. The predicted molar refractivity (Wildman–Crippen MR) is 86.4 cm³/mol. The second-order valence-electron chi connectivity index (χ2n) is 4.84. The second kappa shape index (κ2) is 6.41. The molecule has 1 fully saturated rings. The summed E-state index contributed by atoms with van der Waals surface area (Å²) >= 11 is 11.2. The second-order valence-corrected chi connectivity index (χ2v) is 5.72. The molecule has 6 heteroatoms. The lowest BCUT2D eigenvalue weighted by Gasteiger charge is -2.37. The summed E-state index contributed by atoms with van der Waals surface area (Å²) in [5, 5.41) is 3.33. The number of halogens is 1. The van der Waals surface area contributed by atoms with Gasteiger partial charge in [-0.2, -0.15) is 0 Å². The molecule has 1 aromatic carbocycles. The molecule has 1 heterocycles. The molecular weight excluding hydrogens is 294 g/mol. The molecule has 0 spiro atoms. The van der Waals surface area contributed by atoms with Crippen molar-refractivity contribution in [1.29, 1.82) is 0 Å². The normalized spacial score (nSPS) is 18.7. The third-order valence-corrected chi connectivity index (χ3v) is 4.04. The quantitative estimate of drug-likeness (QED) is 0.839. The highest BCUT2D eigenvalue weighted by Gasteiger charge is 2.29. The van der Waals surface area contributed by atoms with Crippen LogP contribution in [-0.2, 0) is 4.79 Å². The molecule has 0 radical (unpaired) electrons. The summed E-state index contributed by atoms with van der Waals surface area (Å²) in [4.78, 5) is 14.4. The first-order valence-electron chi connectivity index (χ1n) is 6.62. The van der Waals surface area contributed by atoms with Crippen LogP contribution >= 0.6 is 23.8 Å². The molecule has 0 aromatic heterocycles. The Bertz CT molecular complexity index is 535. The van der Waals surface area contributed by atoms with Crippen molar-refractivity contribution in [3.05, 3.63) is 28.8 Å². The van der Waals surface area contributed by atoms with Gasteiger partial charge in [0.15, 0.2) is 0 Å². The van der Waals surface area contributed by atoms with Crippen molar-refractivity contribution in [3.63, 3.8) is 0 Å². The average Bonchev–Trinajstić information content (AvgIpc) is 2.46. The van der Waals surface area contributed by atoms with E-state index >= 15 is 0 Å². The van der Waals surface area contributed by atoms with Crippen LogP contribution in [0.4, 0.5) is 5.69 Å². The van der Waals surface area contributed by atoms with Crippen LogP contribution in [-0.4, -0.2) is 30.5 Å². The average molecular weight is 312 g/mol. The number of benzene rings is 1. The minimum Gasteiger partial charge on any atom is -0.389 e. The van der Waals surface area contributed by atoms with E-state index in [1.807, 2.05) is 12.1 Å². The Labute approximate surface area is 129 Å². The van der Waals surface area contributed by atoms with Gasteiger partial charge in [-0.3, -0.25) is 4.79 Å². The van der Waals surface area contributed by atoms with E-state index in [9.17, 15) is 4.79 Å². The van der Waals surface area contributed by atoms with E-state index in [2.05, 4.69) is 10.2 Å². The fourth-order valence-electron chi connectivity index (χ4n) is 2.61. The Morgan fingerprint density at radius 1 is 1.50 bits per heavy atom. The van der Waals surface area contributed by atoms with Gasteiger partial charge in [0.2, 0.25) is 5.91 Å². The molecule has 2 rings (SSSR count). The number of carbonyl (C=O) groups is 1. The largest absolute Gasteiger partial charge is 0.389 e. The number of nitrogens with zero attached hydrogens (tertiary/aromatic N) is 1. The third kappa shape index (κ3) is 3.04. The summed E-state index contributed by atoms with van der Waals surface area (Å²) in [5.74, 6) is 0.0126. The smallest absolute Gasteiger partial charge is 0.242 e. The topological polar surface area (TPSA) is 58.4 Å². The maximum atomic E-state index is 12.1. The number of thiocarbonyl (C=S) groups is 1. The first-order chi connectivity index (χ1) is 9.54. The van der Waals surface area contributed by atoms with E-state index < -0.39 is 0 Å². The Morgan fingerprint density at radius 2 is 2.25 bits per heavy atom. The zero-order valence-corrected chi connectivity index (χ0v) is 12.9. The number of anilines is 1. The van der Waals surface area contributed by atoms with Gasteiger partial charge < -0.3 is 16.0 Å². The van der Waals surface area contributed by atoms with Gasteiger partial charge in [-0.25, -0.2) is 0 Å². The number of carbonyl (C=O) groups excluding carboxylic acids is 1. The SMILES string of the molecule is CNC(=O)C1CCCCN1c1cc(Cl)ccc1C(N)=S. The van der Waals surface area contributed by atoms with Crippen molar-refractivity contribution in [2.75, 3.05) is 18.5 Å². The predicted octanol–water partition coefficient (Wildman–Crippen LogP) is 2.08. The van der Waals surface area contributed by atoms with Crippen LogP contribution in [0.5, 0.6) is 0 Å². The van der Waals surface area contributed by atoms with Crippen molar-refractivity contribution < 1.29 is 4.79 Å². The fourth-order valence-corrected chi connectivity index (χ4v) is 2.95. The first kappa shape index (κ1) is 15.1. The van der Waals surface area contributed by atoms with Crippen LogP contribution in [0.3, 0.4) is 0 Å². The number of hydrogen-bond acceptors (Lipinski definition) is 3. The molecule has 1 atom stereocenters. The van der Waals surface area contributed by atoms with Gasteiger partial charge in [0, 0.05) is 29.9 Å². The highest BCUT2D eigenvalue weighted by atomic mass is 35.5. The molecule has 108 valence electrons. The number of likely N-dealkylation sites (N-methyl/N-ethyl adjacent to an activating group) is 1. The molecule has 0 bridgehead atoms. The molecular formula is C14H18ClN3OS. The molecule has 1 unspecified atom stereocenters. The summed E-state index contributed by atoms with van der Waals surface area (Å²) < 4.78 is 0. The monoisotopic (exact) mass is 311 g/mol. The summed E-state index contributed by atoms with van der Waals surface area (Å²) in [6, 6.07) is 5.21. The van der Waals surface area contributed by atoms with Gasteiger partial charge in [-0.1, -0.05) is 23.8 Å². The number of nitrogens with two attached hydrogens (primary N) is 1. The highest BCUT2D eigenvalue weighted by molar-refractivity contribution is 7.80. The van der Waals surface area contributed by atoms with Crippen LogP contribution in [0.2, 0.25) is 5.02 Å². The molecule has 4 nitrogen and oxygen atoms in total. The van der Waals surface area contributed by atoms with E-state index in [0.717, 1.165) is 37.1 Å². The number of nitrogens with one attached hydrogen (secondary N) is 1. The highest BCUT2D eigenvalue weighted by Crippen LogP contribution is 2.30. The molecule has 0 saturated carbocycles. The van der Waals surface area contributed by atoms with Crippen LogP contribution in [0.1, 0.15) is 24.8 Å². The molecule has 20 heavy (non-hydrogen) atoms. The van der Waals surface area contributed by atoms with E-state index in [4.69, 9.17) is 29.6 Å². The molecule has 1 aliphatic rings. The fraction of sp³-hybridized carbons (Fsp3) is 0.429. The zero-order valence-electron chi connectivity index (χ0n) is 11.4. The standard InChI is InChI=1S/C14H18ClN3OS/c1-17-14(19)11-4-2-3-7-18(11)12-8-9(15)5-6-10(12)13(16)20/h5-6,8,11H,2-4,7H2,1H3,(H2,16,20)(H,17,19). The molecule has 3 N–H and O–H groups in total. The van der Waals surface area contributed by atoms with Crippen LogP contribution in [0.25, 0.3) is 0 Å². The molecule has 1 amide bonds. The minimum absolute atomic E-state index is 0.0126. The van der Waals surface area contributed by atoms with Crippen LogP contribution in [0, 0.1) is 0 Å². The van der Waals surface area contributed by atoms with E-state index in [1.165, 1.54) is 0 Å². The van der Waals surface area contributed by atoms with Gasteiger partial charge in [0.25, 0.3) is 0 Å². The number of hydrogen-bond donors (Lipinski definition) is 2. The maximum absolute atomic E-state index is 12.1. The van der Waals surface area contributed by atoms with Crippen LogP contribution < -0.4 is 16.0 Å². The third-order valence-electron chi connectivity index (χ3n) is 3.59. The minimum atomic E-state index is -0.194. The van der Waals surface area contributed by atoms with Gasteiger partial charge in [-0.05, 0) is 37.5 Å². The van der Waals surface area contributed by atoms with Gasteiger partial charge in [0.1, 0.15) is 11.0 Å². The summed E-state index contributed by atoms with van der Waals surface area (Å²) in [5.41, 5.74) is 7.40. The van der Waals surface area contributed by atoms with E-state index in [1.54, 1.807) is 13.1 Å². The first-order valence-corrected chi connectivity index (χ1v) is 7.41. The van der Waals surface area contributed by atoms with Crippen molar-refractivity contribution >= 4 is 40.4 Å². The van der Waals surface area contributed by atoms with Crippen molar-refractivity contribution in [2.24, 2.45) is 5.73 Å². The Morgan fingerprint density at radius 3 is 2.90 bits per heavy atom. The summed E-state index contributed by atoms with van der Waals surface area (Å²) in [7, 11) is 1.65. The van der Waals surface area contributed by atoms with E-state index in [-0.39, 0.29) is 11.9 Å². The summed E-state index contributed by atoms with van der Waals surface area (Å²) in [6.45, 7) is 0.800. The van der Waals surface area contributed by atoms with Gasteiger partial charge in [-0.15, -0.1) is 0 Å². The molecule has 1 aromatic rings. The van der Waals surface area contributed by atoms with E-state index in [0.29, 0.717) is 10.0 Å². The van der Waals surface area contributed by atoms with Crippen molar-refractivity contribution in [1.82, 2.24) is 5.32 Å². The Kier molecular flexibility index (Phi) is 4.83. The lowest BCUT2D eigenvalue weighted by molar-refractivity contribution is -0.122. The lowest BCUT2D eigenvalue weighted by atomic mass is 9.99. The van der Waals surface area contributed by atoms with Crippen LogP contribution in [0.15, 0.2) is 18.2 Å². The van der Waals surface area contributed by atoms with Gasteiger partial charge in [0.05, 0.1) is 0 Å². The maximum Gasteiger partial charge on any atom is 0.242 e. The van der Waals surface area contributed by atoms with Crippen molar-refractivity contribution in [2.45, 2.75) is 25.3 Å². The molecule has 1 aliphatic heterocycles. The Balaban J connectivity index is 2.44. The Hall–Kier alpha value is -1.33.